The van der Waals surface area contributed by atoms with E-state index in [1.165, 1.54) is 10.9 Å². The number of hydrogen-bond acceptors (Lipinski definition) is 6. The number of pyridine rings is 1. The minimum absolute atomic E-state index is 0.111. The van der Waals surface area contributed by atoms with Crippen LogP contribution in [0.5, 0.6) is 0 Å². The average Bonchev–Trinajstić information content (AvgIpc) is 3.76. The molecule has 0 aliphatic carbocycles. The predicted molar refractivity (Wildman–Crippen MR) is 200 cm³/mol. The van der Waals surface area contributed by atoms with Crippen LogP contribution >= 0.6 is 0 Å². The lowest BCUT2D eigenvalue weighted by atomic mass is 10.00. The van der Waals surface area contributed by atoms with Crippen molar-refractivity contribution in [2.45, 2.75) is 25.3 Å². The quantitative estimate of drug-likeness (QED) is 0.139. The number of rotatable bonds is 9. The second-order valence-electron chi connectivity index (χ2n) is 11.7. The third kappa shape index (κ3) is 6.72. The topological polar surface area (TPSA) is 140 Å². The van der Waals surface area contributed by atoms with E-state index in [9.17, 15) is 18.0 Å². The van der Waals surface area contributed by atoms with Gasteiger partial charge in [0.1, 0.15) is 5.69 Å². The van der Waals surface area contributed by atoms with Crippen molar-refractivity contribution >= 4 is 50.1 Å². The summed E-state index contributed by atoms with van der Waals surface area (Å²) >= 11 is 0. The van der Waals surface area contributed by atoms with Crippen LogP contribution in [0.3, 0.4) is 0 Å². The van der Waals surface area contributed by atoms with Crippen molar-refractivity contribution < 1.29 is 18.0 Å². The minimum Gasteiger partial charge on any atom is -0.326 e. The maximum atomic E-state index is 14.4. The van der Waals surface area contributed by atoms with Crippen molar-refractivity contribution in [1.82, 2.24) is 18.7 Å². The summed E-state index contributed by atoms with van der Waals surface area (Å²) in [4.78, 5) is 29.2. The Hall–Kier alpha value is -6.53. The lowest BCUT2D eigenvalue weighted by Crippen LogP contribution is -2.19. The molecule has 7 aromatic rings. The van der Waals surface area contributed by atoms with Gasteiger partial charge in [0.05, 0.1) is 10.6 Å². The Labute approximate surface area is 294 Å². The van der Waals surface area contributed by atoms with Crippen LogP contribution in [0.1, 0.15) is 13.8 Å². The number of fused-ring (bicyclic) bond motifs is 1. The Morgan fingerprint density at radius 3 is 2.06 bits per heavy atom. The van der Waals surface area contributed by atoms with Crippen LogP contribution < -0.4 is 16.0 Å². The first-order valence-electron chi connectivity index (χ1n) is 16.2. The van der Waals surface area contributed by atoms with Crippen LogP contribution in [0.15, 0.2) is 139 Å². The van der Waals surface area contributed by atoms with Crippen molar-refractivity contribution in [3.05, 3.63) is 134 Å². The van der Waals surface area contributed by atoms with E-state index in [2.05, 4.69) is 20.9 Å². The molecule has 51 heavy (non-hydrogen) atoms. The lowest BCUT2D eigenvalue weighted by molar-refractivity contribution is -0.114. The molecule has 0 aliphatic rings. The molecule has 4 aromatic carbocycles. The molecule has 0 saturated carbocycles. The second kappa shape index (κ2) is 13.8. The number of amides is 3. The molecule has 7 rings (SSSR count). The van der Waals surface area contributed by atoms with E-state index in [-0.39, 0.29) is 22.5 Å². The maximum absolute atomic E-state index is 14.4. The summed E-state index contributed by atoms with van der Waals surface area (Å²) in [5.74, 6) is -0.242. The zero-order chi connectivity index (χ0) is 35.5. The van der Waals surface area contributed by atoms with Crippen molar-refractivity contribution in [3.8, 4) is 33.6 Å². The molecule has 12 heteroatoms. The van der Waals surface area contributed by atoms with Gasteiger partial charge in [-0.15, -0.1) is 0 Å². The maximum Gasteiger partial charge on any atom is 0.323 e. The summed E-state index contributed by atoms with van der Waals surface area (Å²) in [5.41, 5.74) is 6.01. The third-order valence-electron chi connectivity index (χ3n) is 8.25. The number of hydrogen-bond donors (Lipinski definition) is 3. The van der Waals surface area contributed by atoms with Crippen molar-refractivity contribution in [1.29, 1.82) is 0 Å². The molecule has 3 heterocycles. The number of aromatic nitrogens is 4. The molecule has 0 unspecified atom stereocenters. The van der Waals surface area contributed by atoms with Gasteiger partial charge in [0.15, 0.2) is 5.65 Å². The zero-order valence-corrected chi connectivity index (χ0v) is 28.6. The largest absolute Gasteiger partial charge is 0.326 e. The molecule has 0 radical (unpaired) electrons. The molecular formula is C39H33N7O4S. The first-order valence-corrected chi connectivity index (χ1v) is 17.7. The predicted octanol–water partition coefficient (Wildman–Crippen LogP) is 8.09. The zero-order valence-electron chi connectivity index (χ0n) is 27.7. The molecule has 0 atom stereocenters. The number of aryl methyl sites for hydroxylation is 1. The van der Waals surface area contributed by atoms with E-state index >= 15 is 0 Å². The summed E-state index contributed by atoms with van der Waals surface area (Å²) in [5, 5.41) is 13.9. The third-order valence-corrected chi connectivity index (χ3v) is 9.96. The lowest BCUT2D eigenvalue weighted by Gasteiger charge is -2.13. The Morgan fingerprint density at radius 2 is 1.37 bits per heavy atom. The number of carbonyl (C=O) groups excluding carboxylic acids is 2. The number of benzene rings is 4. The Bertz CT molecular complexity index is 2490. The fraction of sp³-hybridized carbons (Fsp3) is 0.0769. The Kier molecular flexibility index (Phi) is 8.90. The van der Waals surface area contributed by atoms with Crippen LogP contribution in [0.4, 0.5) is 21.9 Å². The van der Waals surface area contributed by atoms with E-state index in [4.69, 9.17) is 5.10 Å². The summed E-state index contributed by atoms with van der Waals surface area (Å²) in [6, 6.07) is 35.1. The van der Waals surface area contributed by atoms with Crippen molar-refractivity contribution in [2.24, 2.45) is 0 Å². The minimum atomic E-state index is -4.13. The van der Waals surface area contributed by atoms with Gasteiger partial charge in [-0.05, 0) is 73.2 Å². The molecule has 0 saturated heterocycles. The summed E-state index contributed by atoms with van der Waals surface area (Å²) in [6.07, 6.45) is 3.53. The molecule has 0 bridgehead atoms. The number of carbonyl (C=O) groups is 2. The molecule has 0 aliphatic heterocycles. The van der Waals surface area contributed by atoms with Crippen molar-refractivity contribution in [2.75, 3.05) is 16.0 Å². The van der Waals surface area contributed by atoms with Gasteiger partial charge in [-0.3, -0.25) is 9.48 Å². The van der Waals surface area contributed by atoms with Gasteiger partial charge in [0, 0.05) is 65.0 Å². The van der Waals surface area contributed by atoms with E-state index < -0.39 is 10.0 Å². The smallest absolute Gasteiger partial charge is 0.323 e. The number of nitrogens with zero attached hydrogens (tertiary/aromatic N) is 4. The molecular weight excluding hydrogens is 663 g/mol. The fourth-order valence-corrected chi connectivity index (χ4v) is 7.43. The number of nitrogens with one attached hydrogen (secondary N) is 3. The SMILES string of the molecule is CCn1cc(-c2ccnc3c2cc(-c2cccc(NC(C)=O)c2)n3S(=O)(=O)c2ccccc2)c(-c2ccc(NC(=O)Nc3ccccc3)cc2)n1. The van der Waals surface area contributed by atoms with Crippen LogP contribution in [0, 0.1) is 0 Å². The molecule has 3 amide bonds. The van der Waals surface area contributed by atoms with E-state index in [1.807, 2.05) is 72.4 Å². The van der Waals surface area contributed by atoms with E-state index in [1.54, 1.807) is 72.9 Å². The summed E-state index contributed by atoms with van der Waals surface area (Å²) in [7, 11) is -4.13. The molecule has 0 fully saturated rings. The standard InChI is InChI=1S/C39H33N7O4S/c1-3-45-25-35(37(44-45)27-17-19-30(20-18-27)43-39(48)42-29-12-6-4-7-13-29)33-21-22-40-38-34(33)24-36(28-11-10-14-31(23-28)41-26(2)47)46(38)51(49,50)32-15-8-5-9-16-32/h4-25H,3H2,1-2H3,(H,41,47)(H2,42,43,48). The first kappa shape index (κ1) is 33.0. The number of anilines is 3. The molecule has 0 spiro atoms. The van der Waals surface area contributed by atoms with E-state index in [0.717, 1.165) is 16.7 Å². The Morgan fingerprint density at radius 1 is 0.706 bits per heavy atom. The molecule has 3 aromatic heterocycles. The van der Waals surface area contributed by atoms with Gasteiger partial charge in [0.2, 0.25) is 5.91 Å². The monoisotopic (exact) mass is 695 g/mol. The highest BCUT2D eigenvalue weighted by Crippen LogP contribution is 2.40. The fourth-order valence-electron chi connectivity index (χ4n) is 5.93. The number of para-hydroxylation sites is 1. The average molecular weight is 696 g/mol. The van der Waals surface area contributed by atoms with Gasteiger partial charge in [-0.25, -0.2) is 22.2 Å². The van der Waals surface area contributed by atoms with Gasteiger partial charge in [0.25, 0.3) is 10.0 Å². The van der Waals surface area contributed by atoms with Crippen LogP contribution in [-0.4, -0.2) is 39.1 Å². The van der Waals surface area contributed by atoms with Gasteiger partial charge < -0.3 is 16.0 Å². The van der Waals surface area contributed by atoms with Gasteiger partial charge >= 0.3 is 6.03 Å². The highest BCUT2D eigenvalue weighted by Gasteiger charge is 2.27. The molecule has 254 valence electrons. The normalized spacial score (nSPS) is 11.3. The first-order chi connectivity index (χ1) is 24.7. The van der Waals surface area contributed by atoms with Crippen LogP contribution in [-0.2, 0) is 21.4 Å². The van der Waals surface area contributed by atoms with Gasteiger partial charge in [-0.1, -0.05) is 60.7 Å². The van der Waals surface area contributed by atoms with Gasteiger partial charge in [-0.2, -0.15) is 5.10 Å². The highest BCUT2D eigenvalue weighted by molar-refractivity contribution is 7.90. The summed E-state index contributed by atoms with van der Waals surface area (Å²) < 4.78 is 31.8. The molecule has 3 N–H and O–H groups in total. The second-order valence-corrected chi connectivity index (χ2v) is 13.5. The highest BCUT2D eigenvalue weighted by atomic mass is 32.2. The molecule has 11 nitrogen and oxygen atoms in total. The van der Waals surface area contributed by atoms with E-state index in [0.29, 0.717) is 45.9 Å². The van der Waals surface area contributed by atoms with Crippen LogP contribution in [0.25, 0.3) is 44.7 Å². The summed E-state index contributed by atoms with van der Waals surface area (Å²) in [6.45, 7) is 4.01. The number of urea groups is 1. The Balaban J connectivity index is 1.34. The van der Waals surface area contributed by atoms with Crippen LogP contribution in [0.2, 0.25) is 0 Å². The van der Waals surface area contributed by atoms with Crippen molar-refractivity contribution in [3.63, 3.8) is 0 Å².